The van der Waals surface area contributed by atoms with Gasteiger partial charge in [0.1, 0.15) is 0 Å². The van der Waals surface area contributed by atoms with E-state index in [0.717, 1.165) is 36.5 Å². The van der Waals surface area contributed by atoms with Gasteiger partial charge in [-0.15, -0.1) is 24.0 Å². The Hall–Kier alpha value is -1.39. The van der Waals surface area contributed by atoms with Crippen molar-refractivity contribution in [2.75, 3.05) is 46.6 Å². The molecule has 8 heteroatoms. The molecule has 170 valence electrons. The topological polar surface area (TPSA) is 72.4 Å². The fraction of sp³-hybridized carbons (Fsp3) is 0.636. The van der Waals surface area contributed by atoms with Gasteiger partial charge in [0.2, 0.25) is 0 Å². The van der Waals surface area contributed by atoms with Crippen molar-refractivity contribution in [3.05, 3.63) is 35.4 Å². The maximum atomic E-state index is 12.1. The molecule has 1 N–H and O–H groups in total. The number of carbonyl (C=O) groups excluding carboxylic acids is 1. The van der Waals surface area contributed by atoms with Gasteiger partial charge < -0.3 is 24.4 Å². The summed E-state index contributed by atoms with van der Waals surface area (Å²) in [6.07, 6.45) is 1.83. The zero-order valence-corrected chi connectivity index (χ0v) is 20.7. The molecule has 1 heterocycles. The molecule has 0 aliphatic carbocycles. The predicted octanol–water partition coefficient (Wildman–Crippen LogP) is 3.21. The Morgan fingerprint density at radius 2 is 1.97 bits per heavy atom. The number of guanidine groups is 1. The van der Waals surface area contributed by atoms with Crippen molar-refractivity contribution in [3.8, 4) is 0 Å². The molecule has 0 spiro atoms. The fourth-order valence-electron chi connectivity index (χ4n) is 3.42. The van der Waals surface area contributed by atoms with Gasteiger partial charge in [-0.25, -0.2) is 0 Å². The number of nitrogens with zero attached hydrogens (tertiary/aromatic N) is 2. The standard InChI is InChI=1S/C22H35N3O4.HI/c1-4-27-12-13-28-17-19-9-6-8-18(14-19)15-24-22(23-3)25-11-7-10-20(16-25)21(26)29-5-2;/h6,8-9,14,20H,4-5,7,10-13,15-17H2,1-3H3,(H,23,24);1H. The Morgan fingerprint density at radius 1 is 1.20 bits per heavy atom. The van der Waals surface area contributed by atoms with Crippen molar-refractivity contribution < 1.29 is 19.0 Å². The lowest BCUT2D eigenvalue weighted by molar-refractivity contribution is -0.149. The highest BCUT2D eigenvalue weighted by Gasteiger charge is 2.28. The number of esters is 1. The lowest BCUT2D eigenvalue weighted by Crippen LogP contribution is -2.48. The van der Waals surface area contributed by atoms with Crippen LogP contribution in [-0.4, -0.2) is 63.4 Å². The Bertz CT molecular complexity index is 657. The monoisotopic (exact) mass is 533 g/mol. The van der Waals surface area contributed by atoms with E-state index in [1.54, 1.807) is 7.05 Å². The largest absolute Gasteiger partial charge is 0.466 e. The van der Waals surface area contributed by atoms with Gasteiger partial charge in [-0.3, -0.25) is 9.79 Å². The molecule has 0 aromatic heterocycles. The van der Waals surface area contributed by atoms with Crippen LogP contribution in [0.15, 0.2) is 29.3 Å². The fourth-order valence-corrected chi connectivity index (χ4v) is 3.42. The van der Waals surface area contributed by atoms with Crippen molar-refractivity contribution >= 4 is 35.9 Å². The third kappa shape index (κ3) is 9.18. The maximum Gasteiger partial charge on any atom is 0.310 e. The summed E-state index contributed by atoms with van der Waals surface area (Å²) in [5.74, 6) is 0.626. The van der Waals surface area contributed by atoms with Gasteiger partial charge in [0.05, 0.1) is 32.3 Å². The number of hydrogen-bond acceptors (Lipinski definition) is 5. The van der Waals surface area contributed by atoms with Crippen LogP contribution in [0.1, 0.15) is 37.8 Å². The highest BCUT2D eigenvalue weighted by molar-refractivity contribution is 14.0. The van der Waals surface area contributed by atoms with Crippen LogP contribution < -0.4 is 5.32 Å². The summed E-state index contributed by atoms with van der Waals surface area (Å²) >= 11 is 0. The Balaban J connectivity index is 0.00000450. The van der Waals surface area contributed by atoms with Gasteiger partial charge in [-0.2, -0.15) is 0 Å². The third-order valence-corrected chi connectivity index (χ3v) is 4.84. The Morgan fingerprint density at radius 3 is 2.70 bits per heavy atom. The molecule has 2 rings (SSSR count). The van der Waals surface area contributed by atoms with Crippen LogP contribution in [0.4, 0.5) is 0 Å². The number of ether oxygens (including phenoxy) is 3. The molecule has 1 aliphatic rings. The first-order valence-electron chi connectivity index (χ1n) is 10.5. The highest BCUT2D eigenvalue weighted by Crippen LogP contribution is 2.18. The molecule has 0 bridgehead atoms. The number of halogens is 1. The SMILES string of the molecule is CCOCCOCc1cccc(CNC(=NC)N2CCCC(C(=O)OCC)C2)c1.I. The molecular weight excluding hydrogens is 497 g/mol. The lowest BCUT2D eigenvalue weighted by Gasteiger charge is -2.34. The summed E-state index contributed by atoms with van der Waals surface area (Å²) in [6, 6.07) is 8.33. The molecule has 1 aromatic rings. The second kappa shape index (κ2) is 15.4. The first-order valence-corrected chi connectivity index (χ1v) is 10.5. The van der Waals surface area contributed by atoms with E-state index < -0.39 is 0 Å². The Kier molecular flexibility index (Phi) is 13.7. The van der Waals surface area contributed by atoms with Crippen LogP contribution >= 0.6 is 24.0 Å². The van der Waals surface area contributed by atoms with Crippen LogP contribution in [0.25, 0.3) is 0 Å². The highest BCUT2D eigenvalue weighted by atomic mass is 127. The van der Waals surface area contributed by atoms with Gasteiger partial charge in [-0.05, 0) is 37.8 Å². The molecule has 1 aliphatic heterocycles. The quantitative estimate of drug-likeness (QED) is 0.164. The van der Waals surface area contributed by atoms with E-state index >= 15 is 0 Å². The number of likely N-dealkylation sites (tertiary alicyclic amines) is 1. The number of piperidine rings is 1. The molecule has 0 saturated carbocycles. The van der Waals surface area contributed by atoms with Crippen LogP contribution in [0.3, 0.4) is 0 Å². The van der Waals surface area contributed by atoms with Crippen molar-refractivity contribution in [1.29, 1.82) is 0 Å². The second-order valence-corrected chi connectivity index (χ2v) is 7.01. The molecule has 1 atom stereocenters. The number of aliphatic imine (C=N–C) groups is 1. The van der Waals surface area contributed by atoms with Crippen LogP contribution in [0.2, 0.25) is 0 Å². The van der Waals surface area contributed by atoms with E-state index in [1.807, 2.05) is 19.9 Å². The molecule has 30 heavy (non-hydrogen) atoms. The van der Waals surface area contributed by atoms with E-state index in [9.17, 15) is 4.79 Å². The Labute approximate surface area is 197 Å². The number of carbonyl (C=O) groups is 1. The van der Waals surface area contributed by atoms with E-state index in [2.05, 4.69) is 33.4 Å². The average molecular weight is 533 g/mol. The van der Waals surface area contributed by atoms with Crippen molar-refractivity contribution in [2.45, 2.75) is 39.8 Å². The first-order chi connectivity index (χ1) is 14.2. The molecule has 1 fully saturated rings. The molecular formula is C22H36IN3O4. The molecule has 7 nitrogen and oxygen atoms in total. The van der Waals surface area contributed by atoms with Gasteiger partial charge in [0.25, 0.3) is 0 Å². The van der Waals surface area contributed by atoms with Crippen molar-refractivity contribution in [2.24, 2.45) is 10.9 Å². The second-order valence-electron chi connectivity index (χ2n) is 7.01. The van der Waals surface area contributed by atoms with Crippen LogP contribution in [0, 0.1) is 5.92 Å². The number of hydrogen-bond donors (Lipinski definition) is 1. The van der Waals surface area contributed by atoms with Gasteiger partial charge in [-0.1, -0.05) is 24.3 Å². The van der Waals surface area contributed by atoms with E-state index in [0.29, 0.717) is 46.1 Å². The van der Waals surface area contributed by atoms with E-state index in [-0.39, 0.29) is 35.9 Å². The summed E-state index contributed by atoms with van der Waals surface area (Å²) in [6.45, 7) is 8.95. The summed E-state index contributed by atoms with van der Waals surface area (Å²) in [5.41, 5.74) is 2.30. The van der Waals surface area contributed by atoms with E-state index in [4.69, 9.17) is 14.2 Å². The third-order valence-electron chi connectivity index (χ3n) is 4.84. The van der Waals surface area contributed by atoms with E-state index in [1.165, 1.54) is 0 Å². The number of nitrogens with one attached hydrogen (secondary N) is 1. The van der Waals surface area contributed by atoms with Crippen molar-refractivity contribution in [3.63, 3.8) is 0 Å². The molecule has 1 aromatic carbocycles. The van der Waals surface area contributed by atoms with Crippen LogP contribution in [0.5, 0.6) is 0 Å². The average Bonchev–Trinajstić information content (AvgIpc) is 2.75. The summed E-state index contributed by atoms with van der Waals surface area (Å²) in [5, 5.41) is 3.42. The molecule has 0 radical (unpaired) electrons. The van der Waals surface area contributed by atoms with Crippen molar-refractivity contribution in [1.82, 2.24) is 10.2 Å². The smallest absolute Gasteiger partial charge is 0.310 e. The number of benzene rings is 1. The summed E-state index contributed by atoms with van der Waals surface area (Å²) < 4.78 is 16.1. The minimum absolute atomic E-state index is 0. The van der Waals surface area contributed by atoms with Gasteiger partial charge in [0, 0.05) is 33.3 Å². The van der Waals surface area contributed by atoms with Crippen LogP contribution in [-0.2, 0) is 32.2 Å². The first kappa shape index (κ1) is 26.6. The normalized spacial score (nSPS) is 16.7. The summed E-state index contributed by atoms with van der Waals surface area (Å²) in [4.78, 5) is 18.6. The van der Waals surface area contributed by atoms with Gasteiger partial charge >= 0.3 is 5.97 Å². The van der Waals surface area contributed by atoms with Gasteiger partial charge in [0.15, 0.2) is 5.96 Å². The minimum atomic E-state index is -0.107. The lowest BCUT2D eigenvalue weighted by atomic mass is 9.98. The predicted molar refractivity (Wildman–Crippen MR) is 129 cm³/mol. The summed E-state index contributed by atoms with van der Waals surface area (Å²) in [7, 11) is 1.78. The zero-order valence-electron chi connectivity index (χ0n) is 18.4. The maximum absolute atomic E-state index is 12.1. The molecule has 0 amide bonds. The zero-order chi connectivity index (χ0) is 20.9. The molecule has 1 saturated heterocycles. The minimum Gasteiger partial charge on any atom is -0.466 e. The molecule has 1 unspecified atom stereocenters. The number of rotatable bonds is 10.